The lowest BCUT2D eigenvalue weighted by molar-refractivity contribution is -0.162. The van der Waals surface area contributed by atoms with Gasteiger partial charge in [-0.15, -0.1) is 0 Å². The average Bonchev–Trinajstić information content (AvgIpc) is 2.98. The van der Waals surface area contributed by atoms with Gasteiger partial charge >= 0.3 is 11.9 Å². The fraction of sp³-hybridized carbons (Fsp3) is 0.214. The molecule has 1 N–H and O–H groups in total. The summed E-state index contributed by atoms with van der Waals surface area (Å²) in [5.74, 6) is -1.26. The Labute approximate surface area is 249 Å². The number of methoxy groups -OCH3 is 2. The molecule has 2 atom stereocenters. The maximum Gasteiger partial charge on any atom is 0.360 e. The minimum Gasteiger partial charge on any atom is -0.493 e. The lowest BCUT2D eigenvalue weighted by Crippen LogP contribution is -2.23. The molecule has 0 spiro atoms. The minimum atomic E-state index is -2.70. The summed E-state index contributed by atoms with van der Waals surface area (Å²) in [6, 6.07) is 12.8. The Morgan fingerprint density at radius 2 is 1.72 bits per heavy atom. The van der Waals surface area contributed by atoms with E-state index in [4.69, 9.17) is 23.7 Å². The molecule has 224 valence electrons. The fourth-order valence-electron chi connectivity index (χ4n) is 3.72. The molecule has 0 amide bonds. The molecule has 3 heterocycles. The number of anilines is 2. The normalized spacial score (nSPS) is 12.0. The summed E-state index contributed by atoms with van der Waals surface area (Å²) in [7, 11) is 2.80. The molecule has 1 aromatic carbocycles. The average molecular weight is 610 g/mol. The summed E-state index contributed by atoms with van der Waals surface area (Å²) in [4.78, 5) is 41.2. The smallest absolute Gasteiger partial charge is 0.360 e. The van der Waals surface area contributed by atoms with Gasteiger partial charge in [-0.25, -0.2) is 24.0 Å². The van der Waals surface area contributed by atoms with Crippen molar-refractivity contribution in [3.63, 3.8) is 0 Å². The summed E-state index contributed by atoms with van der Waals surface area (Å²) in [5.41, 5.74) is 0.946. The molecular formula is C28H27N5O9S. The van der Waals surface area contributed by atoms with Crippen LogP contribution in [0.5, 0.6) is 23.1 Å². The van der Waals surface area contributed by atoms with Crippen molar-refractivity contribution in [2.75, 3.05) is 18.5 Å². The van der Waals surface area contributed by atoms with Crippen molar-refractivity contribution in [1.29, 1.82) is 0 Å². The van der Waals surface area contributed by atoms with Crippen LogP contribution < -0.4 is 18.5 Å². The number of aryl methyl sites for hydroxylation is 1. The zero-order valence-corrected chi connectivity index (χ0v) is 24.5. The number of carbonyl (C=O) groups excluding carboxylic acids is 2. The van der Waals surface area contributed by atoms with E-state index in [0.717, 1.165) is 9.87 Å². The molecular weight excluding hydrogens is 582 g/mol. The Balaban J connectivity index is 1.87. The number of carbonyl (C=O) groups is 2. The van der Waals surface area contributed by atoms with Gasteiger partial charge in [-0.3, -0.25) is 9.35 Å². The maximum absolute atomic E-state index is 12.8. The van der Waals surface area contributed by atoms with Crippen LogP contribution in [-0.4, -0.2) is 61.1 Å². The molecule has 3 aromatic heterocycles. The van der Waals surface area contributed by atoms with Crippen LogP contribution in [0.15, 0.2) is 60.9 Å². The SMILES string of the molecule is COc1ccccc1Oc1c(OC)nc(-c2ccnc(C(=O)OC(C)OC(C)=O)c2)nc1N(c1ccc(C)cn1)S(=O)O. The Hall–Kier alpha value is -5.15. The van der Waals surface area contributed by atoms with Crippen LogP contribution in [0.2, 0.25) is 0 Å². The van der Waals surface area contributed by atoms with Gasteiger partial charge < -0.3 is 23.7 Å². The largest absolute Gasteiger partial charge is 0.493 e. The highest BCUT2D eigenvalue weighted by atomic mass is 32.2. The van der Waals surface area contributed by atoms with Gasteiger partial charge in [0.1, 0.15) is 11.5 Å². The van der Waals surface area contributed by atoms with Gasteiger partial charge in [0.15, 0.2) is 23.1 Å². The molecule has 4 rings (SSSR count). The van der Waals surface area contributed by atoms with Gasteiger partial charge in [0, 0.05) is 31.8 Å². The van der Waals surface area contributed by atoms with E-state index in [1.807, 2.05) is 6.92 Å². The van der Waals surface area contributed by atoms with E-state index in [9.17, 15) is 18.4 Å². The molecule has 0 bridgehead atoms. The number of rotatable bonds is 11. The number of benzene rings is 1. The Morgan fingerprint density at radius 1 is 0.977 bits per heavy atom. The minimum absolute atomic E-state index is 0.0220. The number of para-hydroxylation sites is 2. The first-order valence-electron chi connectivity index (χ1n) is 12.6. The van der Waals surface area contributed by atoms with E-state index in [1.165, 1.54) is 58.7 Å². The van der Waals surface area contributed by atoms with Crippen molar-refractivity contribution in [3.05, 3.63) is 72.2 Å². The Kier molecular flexibility index (Phi) is 9.80. The van der Waals surface area contributed by atoms with Crippen LogP contribution in [0.1, 0.15) is 29.9 Å². The van der Waals surface area contributed by atoms with Crippen molar-refractivity contribution in [3.8, 4) is 34.5 Å². The van der Waals surface area contributed by atoms with E-state index in [-0.39, 0.29) is 46.1 Å². The molecule has 0 aliphatic rings. The summed E-state index contributed by atoms with van der Waals surface area (Å²) in [6.45, 7) is 4.38. The van der Waals surface area contributed by atoms with E-state index in [0.29, 0.717) is 5.75 Å². The van der Waals surface area contributed by atoms with Crippen LogP contribution in [0.4, 0.5) is 11.6 Å². The van der Waals surface area contributed by atoms with E-state index >= 15 is 0 Å². The lowest BCUT2D eigenvalue weighted by Gasteiger charge is -2.23. The van der Waals surface area contributed by atoms with Gasteiger partial charge in [-0.05, 0) is 42.8 Å². The number of esters is 2. The summed E-state index contributed by atoms with van der Waals surface area (Å²) in [6.07, 6.45) is 1.69. The fourth-order valence-corrected chi connectivity index (χ4v) is 4.26. The molecule has 0 saturated heterocycles. The van der Waals surface area contributed by atoms with E-state index in [1.54, 1.807) is 30.3 Å². The van der Waals surface area contributed by atoms with Crippen molar-refractivity contribution >= 4 is 34.8 Å². The molecule has 2 unspecified atom stereocenters. The van der Waals surface area contributed by atoms with Crippen molar-refractivity contribution in [2.24, 2.45) is 0 Å². The van der Waals surface area contributed by atoms with Crippen molar-refractivity contribution in [2.45, 2.75) is 27.1 Å². The molecule has 0 saturated carbocycles. The number of ether oxygens (including phenoxy) is 5. The third-order valence-corrected chi connectivity index (χ3v) is 6.25. The monoisotopic (exact) mass is 609 g/mol. The quantitative estimate of drug-likeness (QED) is 0.144. The van der Waals surface area contributed by atoms with E-state index in [2.05, 4.69) is 19.9 Å². The molecule has 15 heteroatoms. The highest BCUT2D eigenvalue weighted by Gasteiger charge is 2.29. The third kappa shape index (κ3) is 7.38. The Bertz CT molecular complexity index is 1650. The topological polar surface area (TPSA) is 172 Å². The molecule has 4 aromatic rings. The number of aromatic nitrogens is 4. The highest BCUT2D eigenvalue weighted by molar-refractivity contribution is 7.81. The van der Waals surface area contributed by atoms with Gasteiger partial charge in [-0.2, -0.15) is 9.29 Å². The third-order valence-electron chi connectivity index (χ3n) is 5.58. The highest BCUT2D eigenvalue weighted by Crippen LogP contribution is 2.44. The molecule has 0 radical (unpaired) electrons. The van der Waals surface area contributed by atoms with Crippen LogP contribution in [-0.2, 0) is 25.5 Å². The van der Waals surface area contributed by atoms with Crippen LogP contribution in [0.3, 0.4) is 0 Å². The van der Waals surface area contributed by atoms with Gasteiger partial charge in [0.2, 0.25) is 12.0 Å². The predicted molar refractivity (Wildman–Crippen MR) is 153 cm³/mol. The standard InChI is InChI=1S/C28H27N5O9S/c1-16-10-11-23(30-15-16)33(43(36)37)26-24(42-22-9-7-6-8-21(22)38-4)27(39-5)32-25(31-26)19-12-13-29-20(14-19)28(35)41-18(3)40-17(2)34/h6-15,18H,1-5H3,(H,36,37). The van der Waals surface area contributed by atoms with Gasteiger partial charge in [-0.1, -0.05) is 18.2 Å². The summed E-state index contributed by atoms with van der Waals surface area (Å²) >= 11 is -2.70. The van der Waals surface area contributed by atoms with Crippen LogP contribution >= 0.6 is 0 Å². The molecule has 0 aliphatic carbocycles. The lowest BCUT2D eigenvalue weighted by atomic mass is 10.2. The number of nitrogens with zero attached hydrogens (tertiary/aromatic N) is 5. The molecule has 0 aliphatic heterocycles. The second-order valence-corrected chi connectivity index (χ2v) is 9.52. The summed E-state index contributed by atoms with van der Waals surface area (Å²) in [5, 5.41) is 0. The number of pyridine rings is 2. The first kappa shape index (κ1) is 30.8. The molecule has 43 heavy (non-hydrogen) atoms. The van der Waals surface area contributed by atoms with Crippen LogP contribution in [0.25, 0.3) is 11.4 Å². The first-order valence-corrected chi connectivity index (χ1v) is 13.6. The zero-order chi connectivity index (χ0) is 31.1. The number of hydrogen-bond donors (Lipinski definition) is 1. The summed E-state index contributed by atoms with van der Waals surface area (Å²) < 4.78 is 51.2. The second-order valence-electron chi connectivity index (χ2n) is 8.69. The van der Waals surface area contributed by atoms with Gasteiger partial charge in [0.25, 0.3) is 17.1 Å². The zero-order valence-electron chi connectivity index (χ0n) is 23.7. The molecule has 0 fully saturated rings. The first-order chi connectivity index (χ1) is 20.6. The van der Waals surface area contributed by atoms with Crippen LogP contribution in [0, 0.1) is 6.92 Å². The molecule has 14 nitrogen and oxygen atoms in total. The predicted octanol–water partition coefficient (Wildman–Crippen LogP) is 4.39. The van der Waals surface area contributed by atoms with Crippen molar-refractivity contribution in [1.82, 2.24) is 19.9 Å². The second kappa shape index (κ2) is 13.7. The maximum atomic E-state index is 12.8. The van der Waals surface area contributed by atoms with E-state index < -0.39 is 29.5 Å². The Morgan fingerprint density at radius 3 is 2.35 bits per heavy atom. The van der Waals surface area contributed by atoms with Crippen molar-refractivity contribution < 1.29 is 42.0 Å². The van der Waals surface area contributed by atoms with Gasteiger partial charge in [0.05, 0.1) is 14.2 Å². The number of hydrogen-bond acceptors (Lipinski definition) is 12.